The fourth-order valence-corrected chi connectivity index (χ4v) is 2.04. The number of carbonyl (C=O) groups is 1. The number of amides is 1. The number of aromatic amines is 2. The quantitative estimate of drug-likeness (QED) is 0.691. The van der Waals surface area contributed by atoms with Crippen molar-refractivity contribution in [2.24, 2.45) is 0 Å². The number of aromatic nitrogens is 3. The number of hydrogen-bond acceptors (Lipinski definition) is 2. The third-order valence-corrected chi connectivity index (χ3v) is 3.03. The van der Waals surface area contributed by atoms with Crippen molar-refractivity contribution in [2.75, 3.05) is 5.32 Å². The summed E-state index contributed by atoms with van der Waals surface area (Å²) in [5.41, 5.74) is 2.47. The molecule has 0 bridgehead atoms. The van der Waals surface area contributed by atoms with Gasteiger partial charge in [-0.3, -0.25) is 4.79 Å². The number of aryl methyl sites for hydroxylation is 1. The van der Waals surface area contributed by atoms with Crippen LogP contribution in [0.4, 0.5) is 10.1 Å². The predicted octanol–water partition coefficient (Wildman–Crippen LogP) is 3.10. The maximum absolute atomic E-state index is 12.9. The van der Waals surface area contributed by atoms with Gasteiger partial charge in [0.1, 0.15) is 17.3 Å². The normalized spacial score (nSPS) is 10.6. The molecule has 3 aromatic rings. The van der Waals surface area contributed by atoms with Crippen LogP contribution < -0.4 is 5.32 Å². The number of benzene rings is 1. The van der Waals surface area contributed by atoms with E-state index in [4.69, 9.17) is 0 Å². The summed E-state index contributed by atoms with van der Waals surface area (Å²) in [7, 11) is 0. The number of para-hydroxylation sites is 1. The van der Waals surface area contributed by atoms with Crippen LogP contribution in [0, 0.1) is 12.7 Å². The topological polar surface area (TPSA) is 73.6 Å². The van der Waals surface area contributed by atoms with Gasteiger partial charge in [-0.2, -0.15) is 0 Å². The van der Waals surface area contributed by atoms with Crippen molar-refractivity contribution < 1.29 is 9.18 Å². The Morgan fingerprint density at radius 3 is 2.81 bits per heavy atom. The van der Waals surface area contributed by atoms with E-state index in [-0.39, 0.29) is 5.69 Å². The highest BCUT2D eigenvalue weighted by atomic mass is 19.1. The summed E-state index contributed by atoms with van der Waals surface area (Å²) in [6, 6.07) is 8.43. The fourth-order valence-electron chi connectivity index (χ4n) is 2.04. The maximum Gasteiger partial charge on any atom is 0.272 e. The molecule has 0 aliphatic heterocycles. The molecule has 0 saturated carbocycles. The Labute approximate surface area is 120 Å². The molecule has 1 amide bonds. The first-order chi connectivity index (χ1) is 10.1. The highest BCUT2D eigenvalue weighted by Gasteiger charge is 2.13. The first-order valence-corrected chi connectivity index (χ1v) is 6.40. The molecule has 106 valence electrons. The summed E-state index contributed by atoms with van der Waals surface area (Å²) in [6.07, 6.45) is 2.85. The summed E-state index contributed by atoms with van der Waals surface area (Å²) in [6.45, 7) is 1.90. The molecule has 0 fully saturated rings. The summed E-state index contributed by atoms with van der Waals surface area (Å²) in [5.74, 6) is -0.217. The molecule has 3 N–H and O–H groups in total. The molecule has 0 aliphatic rings. The van der Waals surface area contributed by atoms with Crippen molar-refractivity contribution in [3.05, 3.63) is 59.9 Å². The smallest absolute Gasteiger partial charge is 0.272 e. The zero-order chi connectivity index (χ0) is 14.8. The summed E-state index contributed by atoms with van der Waals surface area (Å²) in [4.78, 5) is 22.0. The fraction of sp³-hybridized carbons (Fsp3) is 0.0667. The summed E-state index contributed by atoms with van der Waals surface area (Å²) in [5, 5.41) is 2.75. The average molecular weight is 284 g/mol. The van der Waals surface area contributed by atoms with E-state index in [1.165, 1.54) is 0 Å². The Hall–Kier alpha value is -2.89. The molecule has 0 spiro atoms. The van der Waals surface area contributed by atoms with Gasteiger partial charge in [-0.1, -0.05) is 12.1 Å². The molecule has 6 heteroatoms. The van der Waals surface area contributed by atoms with E-state index >= 15 is 0 Å². The molecule has 0 atom stereocenters. The second-order valence-corrected chi connectivity index (χ2v) is 4.65. The maximum atomic E-state index is 12.9. The molecule has 21 heavy (non-hydrogen) atoms. The van der Waals surface area contributed by atoms with E-state index in [9.17, 15) is 9.18 Å². The number of hydrogen-bond donors (Lipinski definition) is 3. The lowest BCUT2D eigenvalue weighted by Gasteiger charge is -2.08. The van der Waals surface area contributed by atoms with Crippen molar-refractivity contribution in [3.8, 4) is 11.4 Å². The van der Waals surface area contributed by atoms with Crippen LogP contribution >= 0.6 is 0 Å². The van der Waals surface area contributed by atoms with Gasteiger partial charge in [0.15, 0.2) is 0 Å². The van der Waals surface area contributed by atoms with E-state index in [1.807, 2.05) is 25.1 Å². The number of halogens is 1. The number of anilines is 1. The lowest BCUT2D eigenvalue weighted by atomic mass is 10.1. The molecule has 0 unspecified atom stereocenters. The average Bonchev–Trinajstić information content (AvgIpc) is 3.08. The van der Waals surface area contributed by atoms with Gasteiger partial charge in [0.25, 0.3) is 5.91 Å². The van der Waals surface area contributed by atoms with Gasteiger partial charge in [0.05, 0.1) is 5.69 Å². The Morgan fingerprint density at radius 2 is 2.14 bits per heavy atom. The molecule has 3 rings (SSSR count). The Morgan fingerprint density at radius 1 is 1.33 bits per heavy atom. The van der Waals surface area contributed by atoms with Gasteiger partial charge in [-0.25, -0.2) is 9.37 Å². The highest BCUT2D eigenvalue weighted by Crippen LogP contribution is 2.25. The van der Waals surface area contributed by atoms with Gasteiger partial charge >= 0.3 is 0 Å². The number of rotatable bonds is 3. The summed E-state index contributed by atoms with van der Waals surface area (Å²) < 4.78 is 12.9. The molecule has 0 saturated heterocycles. The Bertz CT molecular complexity index is 790. The van der Waals surface area contributed by atoms with Crippen LogP contribution in [-0.4, -0.2) is 20.9 Å². The van der Waals surface area contributed by atoms with Crippen molar-refractivity contribution in [1.82, 2.24) is 15.0 Å². The van der Waals surface area contributed by atoms with Crippen molar-refractivity contribution in [2.45, 2.75) is 6.92 Å². The lowest BCUT2D eigenvalue weighted by molar-refractivity contribution is 0.102. The molecular formula is C15H13FN4O. The van der Waals surface area contributed by atoms with Crippen LogP contribution in [0.15, 0.2) is 42.7 Å². The van der Waals surface area contributed by atoms with E-state index in [0.717, 1.165) is 23.5 Å². The minimum Gasteiger partial charge on any atom is -0.355 e. The van der Waals surface area contributed by atoms with Gasteiger partial charge in [-0.15, -0.1) is 0 Å². The number of nitrogens with one attached hydrogen (secondary N) is 3. The first kappa shape index (κ1) is 13.1. The van der Waals surface area contributed by atoms with E-state index < -0.39 is 11.7 Å². The van der Waals surface area contributed by atoms with Gasteiger partial charge in [0.2, 0.25) is 0 Å². The molecule has 2 aromatic heterocycles. The third-order valence-electron chi connectivity index (χ3n) is 3.03. The number of H-pyrrole nitrogens is 2. The second-order valence-electron chi connectivity index (χ2n) is 4.65. The van der Waals surface area contributed by atoms with Crippen LogP contribution in [0.2, 0.25) is 0 Å². The van der Waals surface area contributed by atoms with E-state index in [0.29, 0.717) is 11.5 Å². The number of carbonyl (C=O) groups excluding carboxylic acids is 1. The van der Waals surface area contributed by atoms with Crippen LogP contribution in [0.3, 0.4) is 0 Å². The van der Waals surface area contributed by atoms with Crippen LogP contribution in [0.25, 0.3) is 11.4 Å². The predicted molar refractivity (Wildman–Crippen MR) is 77.5 cm³/mol. The molecular weight excluding hydrogens is 271 g/mol. The zero-order valence-corrected chi connectivity index (χ0v) is 11.3. The Balaban J connectivity index is 1.91. The standard InChI is InChI=1S/C15H13FN4O/c1-9-7-18-14(19-9)11-4-2-3-5-12(11)20-15(21)13-6-10(16)8-17-13/h2-8,17H,1H3,(H,18,19)(H,20,21). The lowest BCUT2D eigenvalue weighted by Crippen LogP contribution is -2.13. The molecule has 0 radical (unpaired) electrons. The van der Waals surface area contributed by atoms with Gasteiger partial charge in [0, 0.05) is 29.7 Å². The van der Waals surface area contributed by atoms with Gasteiger partial charge < -0.3 is 15.3 Å². The van der Waals surface area contributed by atoms with E-state index in [2.05, 4.69) is 20.3 Å². The SMILES string of the molecule is Cc1cnc(-c2ccccc2NC(=O)c2cc(F)c[nH]2)[nH]1. The minimum absolute atomic E-state index is 0.165. The van der Waals surface area contributed by atoms with Crippen LogP contribution in [0.5, 0.6) is 0 Å². The van der Waals surface area contributed by atoms with Crippen LogP contribution in [0.1, 0.15) is 16.2 Å². The zero-order valence-electron chi connectivity index (χ0n) is 11.3. The highest BCUT2D eigenvalue weighted by molar-refractivity contribution is 6.04. The molecule has 2 heterocycles. The number of imidazole rings is 1. The minimum atomic E-state index is -0.477. The van der Waals surface area contributed by atoms with Gasteiger partial charge in [-0.05, 0) is 19.1 Å². The number of nitrogens with zero attached hydrogens (tertiary/aromatic N) is 1. The third kappa shape index (κ3) is 2.69. The monoisotopic (exact) mass is 284 g/mol. The van der Waals surface area contributed by atoms with Crippen molar-refractivity contribution >= 4 is 11.6 Å². The molecule has 5 nitrogen and oxygen atoms in total. The van der Waals surface area contributed by atoms with Crippen molar-refractivity contribution in [1.29, 1.82) is 0 Å². The largest absolute Gasteiger partial charge is 0.355 e. The second kappa shape index (κ2) is 5.24. The van der Waals surface area contributed by atoms with Crippen LogP contribution in [-0.2, 0) is 0 Å². The van der Waals surface area contributed by atoms with Crippen molar-refractivity contribution in [3.63, 3.8) is 0 Å². The first-order valence-electron chi connectivity index (χ1n) is 6.40. The summed E-state index contributed by atoms with van der Waals surface area (Å²) >= 11 is 0. The van der Waals surface area contributed by atoms with E-state index in [1.54, 1.807) is 12.3 Å². The molecule has 0 aliphatic carbocycles. The Kier molecular flexibility index (Phi) is 3.27. The molecule has 1 aromatic carbocycles.